The minimum absolute atomic E-state index is 0.351. The Hall–Kier alpha value is -1.55. The van der Waals surface area contributed by atoms with Crippen LogP contribution < -0.4 is 4.74 Å². The second-order valence-electron chi connectivity index (χ2n) is 5.65. The fourth-order valence-corrected chi connectivity index (χ4v) is 3.22. The lowest BCUT2D eigenvalue weighted by Gasteiger charge is -2.46. The normalized spacial score (nSPS) is 22.4. The SMILES string of the molecule is COc1ccc(C2(C3(C(=O)O)CC3)COC2)cc1C. The van der Waals surface area contributed by atoms with Crippen LogP contribution in [0, 0.1) is 12.3 Å². The van der Waals surface area contributed by atoms with Crippen molar-refractivity contribution in [2.24, 2.45) is 5.41 Å². The van der Waals surface area contributed by atoms with Gasteiger partial charge in [-0.05, 0) is 37.0 Å². The van der Waals surface area contributed by atoms with Crippen molar-refractivity contribution in [3.63, 3.8) is 0 Å². The molecule has 1 N–H and O–H groups in total. The monoisotopic (exact) mass is 262 g/mol. The smallest absolute Gasteiger partial charge is 0.310 e. The Morgan fingerprint density at radius 2 is 2.05 bits per heavy atom. The van der Waals surface area contributed by atoms with Gasteiger partial charge in [-0.25, -0.2) is 0 Å². The van der Waals surface area contributed by atoms with Gasteiger partial charge in [0.15, 0.2) is 0 Å². The number of aliphatic carboxylic acids is 1. The summed E-state index contributed by atoms with van der Waals surface area (Å²) in [5.74, 6) is 0.142. The molecule has 4 heteroatoms. The fraction of sp³-hybridized carbons (Fsp3) is 0.533. The maximum Gasteiger partial charge on any atom is 0.310 e. The quantitative estimate of drug-likeness (QED) is 0.903. The third-order valence-corrected chi connectivity index (χ3v) is 4.72. The Kier molecular flexibility index (Phi) is 2.61. The zero-order valence-electron chi connectivity index (χ0n) is 11.2. The van der Waals surface area contributed by atoms with Crippen molar-refractivity contribution in [2.75, 3.05) is 20.3 Å². The number of carboxylic acid groups (broad SMARTS) is 1. The van der Waals surface area contributed by atoms with E-state index in [0.29, 0.717) is 13.2 Å². The van der Waals surface area contributed by atoms with Crippen molar-refractivity contribution in [3.05, 3.63) is 29.3 Å². The molecule has 1 saturated heterocycles. The van der Waals surface area contributed by atoms with Crippen molar-refractivity contribution in [2.45, 2.75) is 25.2 Å². The summed E-state index contributed by atoms with van der Waals surface area (Å²) in [5.41, 5.74) is 1.13. The van der Waals surface area contributed by atoms with Crippen molar-refractivity contribution in [1.29, 1.82) is 0 Å². The average Bonchev–Trinajstić information content (AvgIpc) is 3.10. The number of benzene rings is 1. The predicted octanol–water partition coefficient (Wildman–Crippen LogP) is 2.14. The Balaban J connectivity index is 2.04. The molecule has 0 spiro atoms. The lowest BCUT2D eigenvalue weighted by molar-refractivity contribution is -0.161. The molecule has 0 bridgehead atoms. The van der Waals surface area contributed by atoms with E-state index in [4.69, 9.17) is 9.47 Å². The maximum atomic E-state index is 11.6. The Morgan fingerprint density at radius 3 is 2.42 bits per heavy atom. The first-order valence-corrected chi connectivity index (χ1v) is 6.52. The second kappa shape index (κ2) is 3.97. The van der Waals surface area contributed by atoms with Gasteiger partial charge in [-0.15, -0.1) is 0 Å². The second-order valence-corrected chi connectivity index (χ2v) is 5.65. The summed E-state index contributed by atoms with van der Waals surface area (Å²) in [4.78, 5) is 11.6. The minimum atomic E-state index is -0.690. The highest BCUT2D eigenvalue weighted by atomic mass is 16.5. The first kappa shape index (κ1) is 12.5. The number of rotatable bonds is 4. The molecular weight excluding hydrogens is 244 g/mol. The average molecular weight is 262 g/mol. The number of hydrogen-bond acceptors (Lipinski definition) is 3. The topological polar surface area (TPSA) is 55.8 Å². The first-order valence-electron chi connectivity index (χ1n) is 6.52. The maximum absolute atomic E-state index is 11.6. The highest BCUT2D eigenvalue weighted by molar-refractivity contribution is 5.81. The van der Waals surface area contributed by atoms with Crippen LogP contribution in [0.3, 0.4) is 0 Å². The van der Waals surface area contributed by atoms with Gasteiger partial charge < -0.3 is 14.6 Å². The van der Waals surface area contributed by atoms with Crippen molar-refractivity contribution < 1.29 is 19.4 Å². The number of methoxy groups -OCH3 is 1. The van der Waals surface area contributed by atoms with Gasteiger partial charge in [0.05, 0.1) is 31.2 Å². The van der Waals surface area contributed by atoms with E-state index in [1.165, 1.54) is 0 Å². The van der Waals surface area contributed by atoms with Crippen LogP contribution in [0.5, 0.6) is 5.75 Å². The van der Waals surface area contributed by atoms with E-state index < -0.39 is 11.4 Å². The van der Waals surface area contributed by atoms with Gasteiger partial charge in [0.2, 0.25) is 0 Å². The summed E-state index contributed by atoms with van der Waals surface area (Å²) in [6, 6.07) is 5.95. The molecule has 1 saturated carbocycles. The Labute approximate surface area is 112 Å². The van der Waals surface area contributed by atoms with Gasteiger partial charge in [0.1, 0.15) is 5.75 Å². The Morgan fingerprint density at radius 1 is 1.37 bits per heavy atom. The van der Waals surface area contributed by atoms with Crippen molar-refractivity contribution in [1.82, 2.24) is 0 Å². The largest absolute Gasteiger partial charge is 0.496 e. The van der Waals surface area contributed by atoms with Crippen LogP contribution in [0.2, 0.25) is 0 Å². The lowest BCUT2D eigenvalue weighted by Crippen LogP contribution is -2.56. The van der Waals surface area contributed by atoms with Crippen LogP contribution in [0.15, 0.2) is 18.2 Å². The summed E-state index contributed by atoms with van der Waals surface area (Å²) >= 11 is 0. The molecule has 3 rings (SSSR count). The van der Waals surface area contributed by atoms with Crippen LogP contribution in [-0.2, 0) is 14.9 Å². The molecule has 1 aromatic carbocycles. The van der Waals surface area contributed by atoms with Gasteiger partial charge >= 0.3 is 5.97 Å². The van der Waals surface area contributed by atoms with E-state index in [1.54, 1.807) is 7.11 Å². The van der Waals surface area contributed by atoms with Gasteiger partial charge in [-0.2, -0.15) is 0 Å². The predicted molar refractivity (Wildman–Crippen MR) is 69.5 cm³/mol. The molecule has 0 atom stereocenters. The van der Waals surface area contributed by atoms with E-state index in [0.717, 1.165) is 29.7 Å². The van der Waals surface area contributed by atoms with Gasteiger partial charge in [-0.3, -0.25) is 4.79 Å². The van der Waals surface area contributed by atoms with E-state index >= 15 is 0 Å². The van der Waals surface area contributed by atoms with Crippen LogP contribution in [0.4, 0.5) is 0 Å². The molecule has 0 amide bonds. The highest BCUT2D eigenvalue weighted by Gasteiger charge is 2.68. The van der Waals surface area contributed by atoms with Gasteiger partial charge in [0, 0.05) is 0 Å². The van der Waals surface area contributed by atoms with Crippen LogP contribution in [-0.4, -0.2) is 31.4 Å². The molecule has 0 unspecified atom stereocenters. The number of aryl methyl sites for hydroxylation is 1. The van der Waals surface area contributed by atoms with E-state index in [9.17, 15) is 9.90 Å². The molecular formula is C15H18O4. The molecule has 1 aromatic rings. The van der Waals surface area contributed by atoms with Crippen LogP contribution in [0.1, 0.15) is 24.0 Å². The summed E-state index contributed by atoms with van der Waals surface area (Å²) < 4.78 is 10.6. The van der Waals surface area contributed by atoms with E-state index in [-0.39, 0.29) is 5.41 Å². The zero-order valence-corrected chi connectivity index (χ0v) is 11.2. The molecule has 0 aromatic heterocycles. The molecule has 2 aliphatic rings. The molecule has 19 heavy (non-hydrogen) atoms. The molecule has 1 aliphatic heterocycles. The van der Waals surface area contributed by atoms with Crippen molar-refractivity contribution in [3.8, 4) is 5.75 Å². The number of carbonyl (C=O) groups is 1. The van der Waals surface area contributed by atoms with E-state index in [1.807, 2.05) is 25.1 Å². The fourth-order valence-electron chi connectivity index (χ4n) is 3.22. The number of hydrogen-bond donors (Lipinski definition) is 1. The number of carboxylic acids is 1. The summed E-state index contributed by atoms with van der Waals surface area (Å²) in [6.45, 7) is 2.99. The molecule has 1 aliphatic carbocycles. The summed E-state index contributed by atoms with van der Waals surface area (Å²) in [6.07, 6.45) is 1.49. The van der Waals surface area contributed by atoms with Crippen LogP contribution >= 0.6 is 0 Å². The standard InChI is InChI=1S/C15H18O4/c1-10-7-11(3-4-12(10)18-2)15(8-19-9-15)14(5-6-14)13(16)17/h3-4,7H,5-6,8-9H2,1-2H3,(H,16,17). The summed E-state index contributed by atoms with van der Waals surface area (Å²) in [7, 11) is 1.64. The van der Waals surface area contributed by atoms with Crippen molar-refractivity contribution >= 4 is 5.97 Å². The highest BCUT2D eigenvalue weighted by Crippen LogP contribution is 2.62. The Bertz CT molecular complexity index is 527. The zero-order chi connectivity index (χ0) is 13.7. The molecule has 0 radical (unpaired) electrons. The third kappa shape index (κ3) is 1.53. The summed E-state index contributed by atoms with van der Waals surface area (Å²) in [5, 5.41) is 9.56. The molecule has 2 fully saturated rings. The van der Waals surface area contributed by atoms with Gasteiger partial charge in [0.25, 0.3) is 0 Å². The number of ether oxygens (including phenoxy) is 2. The molecule has 1 heterocycles. The lowest BCUT2D eigenvalue weighted by atomic mass is 9.66. The van der Waals surface area contributed by atoms with E-state index in [2.05, 4.69) is 0 Å². The van der Waals surface area contributed by atoms with Gasteiger partial charge in [-0.1, -0.05) is 12.1 Å². The molecule has 102 valence electrons. The minimum Gasteiger partial charge on any atom is -0.496 e. The van der Waals surface area contributed by atoms with Crippen LogP contribution in [0.25, 0.3) is 0 Å². The molecule has 4 nitrogen and oxygen atoms in total. The first-order chi connectivity index (χ1) is 9.06. The third-order valence-electron chi connectivity index (χ3n) is 4.72.